The van der Waals surface area contributed by atoms with E-state index in [1.807, 2.05) is 24.4 Å². The number of fused-ring (bicyclic) bond motifs is 1. The summed E-state index contributed by atoms with van der Waals surface area (Å²) in [5.74, 6) is 0.792. The van der Waals surface area contributed by atoms with Gasteiger partial charge in [-0.1, -0.05) is 30.3 Å². The van der Waals surface area contributed by atoms with Gasteiger partial charge < -0.3 is 4.98 Å². The minimum atomic E-state index is -0.378. The number of nitro groups is 1. The molecule has 0 amide bonds. The fourth-order valence-electron chi connectivity index (χ4n) is 2.04. The van der Waals surface area contributed by atoms with Crippen LogP contribution in [0.4, 0.5) is 5.69 Å². The molecule has 1 aromatic heterocycles. The van der Waals surface area contributed by atoms with Crippen molar-refractivity contribution in [3.05, 3.63) is 70.4 Å². The number of aromatic nitrogens is 1. The molecule has 20 heavy (non-hydrogen) atoms. The number of rotatable bonds is 4. The molecule has 0 atom stereocenters. The van der Waals surface area contributed by atoms with Gasteiger partial charge in [-0.15, -0.1) is 11.8 Å². The highest BCUT2D eigenvalue weighted by Crippen LogP contribution is 2.30. The Morgan fingerprint density at radius 2 is 1.85 bits per heavy atom. The van der Waals surface area contributed by atoms with Gasteiger partial charge in [0, 0.05) is 39.9 Å². The van der Waals surface area contributed by atoms with Crippen LogP contribution in [0.5, 0.6) is 0 Å². The van der Waals surface area contributed by atoms with Crippen molar-refractivity contribution in [1.29, 1.82) is 0 Å². The van der Waals surface area contributed by atoms with Crippen LogP contribution in [0.3, 0.4) is 0 Å². The Kier molecular flexibility index (Phi) is 3.43. The Bertz CT molecular complexity index is 750. The number of thioether (sulfide) groups is 1. The van der Waals surface area contributed by atoms with Crippen molar-refractivity contribution in [2.24, 2.45) is 0 Å². The molecule has 0 aliphatic heterocycles. The van der Waals surface area contributed by atoms with Gasteiger partial charge in [0.05, 0.1) is 4.92 Å². The molecule has 0 aliphatic carbocycles. The van der Waals surface area contributed by atoms with E-state index in [9.17, 15) is 10.1 Å². The van der Waals surface area contributed by atoms with Crippen LogP contribution in [0, 0.1) is 10.1 Å². The number of H-pyrrole nitrogens is 1. The number of para-hydroxylation sites is 1. The normalized spacial score (nSPS) is 10.8. The van der Waals surface area contributed by atoms with E-state index in [1.165, 1.54) is 10.3 Å². The number of non-ortho nitro benzene ring substituents is 1. The zero-order valence-corrected chi connectivity index (χ0v) is 11.4. The Hall–Kier alpha value is -2.27. The lowest BCUT2D eigenvalue weighted by Crippen LogP contribution is -1.88. The fraction of sp³-hybridized carbons (Fsp3) is 0.0667. The number of nitrogens with one attached hydrogen (secondary N) is 1. The van der Waals surface area contributed by atoms with Gasteiger partial charge in [-0.3, -0.25) is 10.1 Å². The molecule has 3 aromatic rings. The van der Waals surface area contributed by atoms with E-state index in [-0.39, 0.29) is 10.6 Å². The van der Waals surface area contributed by atoms with Gasteiger partial charge in [0.25, 0.3) is 5.69 Å². The molecule has 1 heterocycles. The molecule has 0 fully saturated rings. The molecule has 100 valence electrons. The first kappa shape index (κ1) is 12.7. The average Bonchev–Trinajstić information content (AvgIpc) is 2.89. The maximum Gasteiger partial charge on any atom is 0.269 e. The summed E-state index contributed by atoms with van der Waals surface area (Å²) in [6, 6.07) is 14.9. The predicted molar refractivity (Wildman–Crippen MR) is 81.0 cm³/mol. The summed E-state index contributed by atoms with van der Waals surface area (Å²) in [7, 11) is 0. The van der Waals surface area contributed by atoms with Crippen LogP contribution in [-0.4, -0.2) is 9.91 Å². The van der Waals surface area contributed by atoms with Crippen molar-refractivity contribution in [2.75, 3.05) is 0 Å². The topological polar surface area (TPSA) is 58.9 Å². The zero-order valence-electron chi connectivity index (χ0n) is 10.6. The summed E-state index contributed by atoms with van der Waals surface area (Å²) in [5.41, 5.74) is 2.33. The van der Waals surface area contributed by atoms with Crippen LogP contribution < -0.4 is 0 Å². The highest BCUT2D eigenvalue weighted by molar-refractivity contribution is 7.98. The molecular formula is C15H12N2O2S. The molecule has 3 rings (SSSR count). The van der Waals surface area contributed by atoms with Crippen molar-refractivity contribution < 1.29 is 4.92 Å². The van der Waals surface area contributed by atoms with E-state index in [1.54, 1.807) is 36.0 Å². The van der Waals surface area contributed by atoms with Crippen LogP contribution in [-0.2, 0) is 5.75 Å². The van der Waals surface area contributed by atoms with E-state index in [0.717, 1.165) is 16.8 Å². The quantitative estimate of drug-likeness (QED) is 0.439. The lowest BCUT2D eigenvalue weighted by atomic mass is 10.2. The Labute approximate surface area is 120 Å². The van der Waals surface area contributed by atoms with Crippen LogP contribution >= 0.6 is 11.8 Å². The second kappa shape index (κ2) is 5.38. The van der Waals surface area contributed by atoms with E-state index < -0.39 is 0 Å². The van der Waals surface area contributed by atoms with Gasteiger partial charge in [-0.05, 0) is 11.6 Å². The summed E-state index contributed by atoms with van der Waals surface area (Å²) >= 11 is 1.72. The minimum absolute atomic E-state index is 0.130. The first-order chi connectivity index (χ1) is 9.74. The number of nitro benzene ring substituents is 1. The second-order valence-electron chi connectivity index (χ2n) is 4.41. The Balaban J connectivity index is 1.74. The Morgan fingerprint density at radius 1 is 1.10 bits per heavy atom. The van der Waals surface area contributed by atoms with E-state index >= 15 is 0 Å². The van der Waals surface area contributed by atoms with Crippen LogP contribution in [0.1, 0.15) is 5.56 Å². The first-order valence-electron chi connectivity index (χ1n) is 6.16. The summed E-state index contributed by atoms with van der Waals surface area (Å²) in [5, 5.41) is 11.8. The van der Waals surface area contributed by atoms with Gasteiger partial charge in [0.15, 0.2) is 0 Å². The summed E-state index contributed by atoms with van der Waals surface area (Å²) in [4.78, 5) is 14.7. The third-order valence-electron chi connectivity index (χ3n) is 3.09. The third-order valence-corrected chi connectivity index (χ3v) is 4.22. The van der Waals surface area contributed by atoms with Crippen molar-refractivity contribution >= 4 is 28.4 Å². The molecule has 2 aromatic carbocycles. The number of hydrogen-bond acceptors (Lipinski definition) is 3. The molecular weight excluding hydrogens is 272 g/mol. The lowest BCUT2D eigenvalue weighted by molar-refractivity contribution is -0.384. The maximum absolute atomic E-state index is 10.6. The van der Waals surface area contributed by atoms with Crippen LogP contribution in [0.25, 0.3) is 10.9 Å². The molecule has 0 saturated carbocycles. The van der Waals surface area contributed by atoms with E-state index in [2.05, 4.69) is 11.1 Å². The summed E-state index contributed by atoms with van der Waals surface area (Å²) in [6.45, 7) is 0. The van der Waals surface area contributed by atoms with Gasteiger partial charge in [-0.2, -0.15) is 0 Å². The van der Waals surface area contributed by atoms with Gasteiger partial charge in [-0.25, -0.2) is 0 Å². The fourth-order valence-corrected chi connectivity index (χ4v) is 3.03. The number of benzene rings is 2. The maximum atomic E-state index is 10.6. The molecule has 5 heteroatoms. The number of hydrogen-bond donors (Lipinski definition) is 1. The van der Waals surface area contributed by atoms with Crippen LogP contribution in [0.2, 0.25) is 0 Å². The van der Waals surface area contributed by atoms with Crippen LogP contribution in [0.15, 0.2) is 59.6 Å². The zero-order chi connectivity index (χ0) is 13.9. The molecule has 0 unspecified atom stereocenters. The molecule has 0 radical (unpaired) electrons. The largest absolute Gasteiger partial charge is 0.360 e. The highest BCUT2D eigenvalue weighted by Gasteiger charge is 2.06. The molecule has 4 nitrogen and oxygen atoms in total. The predicted octanol–water partition coefficient (Wildman–Crippen LogP) is 4.37. The van der Waals surface area contributed by atoms with Crippen molar-refractivity contribution in [1.82, 2.24) is 4.98 Å². The SMILES string of the molecule is O=[N+]([O-])c1ccc(CSc2c[nH]c3ccccc23)cc1. The molecule has 1 N–H and O–H groups in total. The number of aromatic amines is 1. The highest BCUT2D eigenvalue weighted by atomic mass is 32.2. The third kappa shape index (κ3) is 2.53. The molecule has 0 bridgehead atoms. The second-order valence-corrected chi connectivity index (χ2v) is 5.43. The van der Waals surface area contributed by atoms with Gasteiger partial charge in [0.2, 0.25) is 0 Å². The molecule has 0 spiro atoms. The van der Waals surface area contributed by atoms with Gasteiger partial charge in [0.1, 0.15) is 0 Å². The van der Waals surface area contributed by atoms with Crippen molar-refractivity contribution in [3.63, 3.8) is 0 Å². The summed E-state index contributed by atoms with van der Waals surface area (Å²) in [6.07, 6.45) is 2.00. The molecule has 0 aliphatic rings. The van der Waals surface area contributed by atoms with Crippen molar-refractivity contribution in [2.45, 2.75) is 10.6 Å². The van der Waals surface area contributed by atoms with E-state index in [0.29, 0.717) is 0 Å². The standard InChI is InChI=1S/C15H12N2O2S/c18-17(19)12-7-5-11(6-8-12)10-20-15-9-16-14-4-2-1-3-13(14)15/h1-9,16H,10H2. The molecule has 0 saturated heterocycles. The minimum Gasteiger partial charge on any atom is -0.360 e. The summed E-state index contributed by atoms with van der Waals surface area (Å²) < 4.78 is 0. The van der Waals surface area contributed by atoms with Crippen molar-refractivity contribution in [3.8, 4) is 0 Å². The first-order valence-corrected chi connectivity index (χ1v) is 7.15. The number of nitrogens with zero attached hydrogens (tertiary/aromatic N) is 1. The van der Waals surface area contributed by atoms with E-state index in [4.69, 9.17) is 0 Å². The van der Waals surface area contributed by atoms with Gasteiger partial charge >= 0.3 is 0 Å². The average molecular weight is 284 g/mol. The monoisotopic (exact) mass is 284 g/mol. The smallest absolute Gasteiger partial charge is 0.269 e. The lowest BCUT2D eigenvalue weighted by Gasteiger charge is -2.01. The Morgan fingerprint density at radius 3 is 2.60 bits per heavy atom.